The minimum Gasteiger partial charge on any atom is -0.300 e. The van der Waals surface area contributed by atoms with Crippen molar-refractivity contribution < 1.29 is 20.1 Å². The SMILES string of the molecule is CC(C)=O.CCC(C)=O.OO. The lowest BCUT2D eigenvalue weighted by atomic mass is 10.4. The monoisotopic (exact) mass is 164 g/mol. The Bertz CT molecular complexity index is 94.6. The van der Waals surface area contributed by atoms with E-state index >= 15 is 0 Å². The number of hydrogen-bond donors (Lipinski definition) is 2. The Hall–Kier alpha value is -0.740. The lowest BCUT2D eigenvalue weighted by Gasteiger charge is -1.71. The Kier molecular flexibility index (Phi) is 24.5. The molecule has 0 atom stereocenters. The molecule has 0 aromatic carbocycles. The summed E-state index contributed by atoms with van der Waals surface area (Å²) in [6.07, 6.45) is 0.667. The molecular formula is C7H16O4. The molecule has 0 unspecified atom stereocenters. The standard InChI is InChI=1S/C4H8O.C3H6O.H2O2/c1-3-4(2)5;1-3(2)4;1-2/h3H2,1-2H3;1-2H3;1-2H. The van der Waals surface area contributed by atoms with E-state index in [1.54, 1.807) is 6.92 Å². The lowest BCUT2D eigenvalue weighted by molar-refractivity contribution is -0.176. The molecule has 4 heteroatoms. The molecule has 0 saturated heterocycles. The quantitative estimate of drug-likeness (QED) is 0.456. The fraction of sp³-hybridized carbons (Fsp3) is 0.714. The van der Waals surface area contributed by atoms with Gasteiger partial charge in [-0.1, -0.05) is 6.92 Å². The summed E-state index contributed by atoms with van der Waals surface area (Å²) in [6, 6.07) is 0. The highest BCUT2D eigenvalue weighted by Crippen LogP contribution is 1.71. The normalized spacial score (nSPS) is 6.36. The number of Topliss-reactive ketones (excluding diaryl/α,β-unsaturated/α-hetero) is 2. The third-order valence-electron chi connectivity index (χ3n) is 0.498. The average molecular weight is 164 g/mol. The number of carbonyl (C=O) groups excluding carboxylic acids is 2. The molecule has 0 saturated carbocycles. The largest absolute Gasteiger partial charge is 0.300 e. The molecule has 11 heavy (non-hydrogen) atoms. The Morgan fingerprint density at radius 1 is 1.09 bits per heavy atom. The van der Waals surface area contributed by atoms with E-state index in [4.69, 9.17) is 10.5 Å². The first-order valence-corrected chi connectivity index (χ1v) is 3.17. The van der Waals surface area contributed by atoms with Gasteiger partial charge in [0, 0.05) is 6.42 Å². The topological polar surface area (TPSA) is 74.6 Å². The second-order valence-electron chi connectivity index (χ2n) is 1.96. The van der Waals surface area contributed by atoms with Gasteiger partial charge in [-0.25, -0.2) is 0 Å². The molecule has 68 valence electrons. The lowest BCUT2D eigenvalue weighted by Crippen LogP contribution is -1.80. The maximum atomic E-state index is 9.81. The molecular weight excluding hydrogens is 148 g/mol. The second-order valence-corrected chi connectivity index (χ2v) is 1.96. The molecule has 0 spiro atoms. The summed E-state index contributed by atoms with van der Waals surface area (Å²) in [6.45, 7) is 6.49. The molecule has 0 aromatic rings. The van der Waals surface area contributed by atoms with E-state index in [0.29, 0.717) is 6.42 Å². The summed E-state index contributed by atoms with van der Waals surface area (Å²) in [5.74, 6) is 0.421. The van der Waals surface area contributed by atoms with Crippen LogP contribution in [0.4, 0.5) is 0 Å². The molecule has 0 aliphatic rings. The highest BCUT2D eigenvalue weighted by molar-refractivity contribution is 5.74. The maximum absolute atomic E-state index is 9.81. The first kappa shape index (κ1) is 16.7. The molecule has 0 aliphatic heterocycles. The van der Waals surface area contributed by atoms with Crippen LogP contribution >= 0.6 is 0 Å². The van der Waals surface area contributed by atoms with Crippen LogP contribution in [0.3, 0.4) is 0 Å². The van der Waals surface area contributed by atoms with Gasteiger partial charge < -0.3 is 9.59 Å². The molecule has 0 radical (unpaired) electrons. The van der Waals surface area contributed by atoms with Gasteiger partial charge in [-0.2, -0.15) is 0 Å². The van der Waals surface area contributed by atoms with Crippen molar-refractivity contribution in [3.05, 3.63) is 0 Å². The zero-order valence-corrected chi connectivity index (χ0v) is 7.42. The Labute approximate surface area is 66.8 Å². The molecule has 4 nitrogen and oxygen atoms in total. The predicted octanol–water partition coefficient (Wildman–Crippen LogP) is 1.60. The van der Waals surface area contributed by atoms with Crippen LogP contribution in [0.5, 0.6) is 0 Å². The summed E-state index contributed by atoms with van der Waals surface area (Å²) < 4.78 is 0. The average Bonchev–Trinajstić information content (AvgIpc) is 1.91. The highest BCUT2D eigenvalue weighted by Gasteiger charge is 1.76. The van der Waals surface area contributed by atoms with Crippen LogP contribution < -0.4 is 0 Å². The van der Waals surface area contributed by atoms with E-state index in [0.717, 1.165) is 0 Å². The Morgan fingerprint density at radius 2 is 1.18 bits per heavy atom. The van der Waals surface area contributed by atoms with Gasteiger partial charge in [0.1, 0.15) is 11.6 Å². The van der Waals surface area contributed by atoms with E-state index in [-0.39, 0.29) is 11.6 Å². The third kappa shape index (κ3) is 307. The van der Waals surface area contributed by atoms with E-state index in [1.165, 1.54) is 13.8 Å². The summed E-state index contributed by atoms with van der Waals surface area (Å²) in [5.41, 5.74) is 0. The minimum atomic E-state index is 0.167. The van der Waals surface area contributed by atoms with Crippen molar-refractivity contribution in [3.8, 4) is 0 Å². The van der Waals surface area contributed by atoms with Crippen molar-refractivity contribution >= 4 is 11.6 Å². The highest BCUT2D eigenvalue weighted by atomic mass is 17.0. The molecule has 0 aromatic heterocycles. The zero-order valence-electron chi connectivity index (χ0n) is 7.42. The Balaban J connectivity index is -0.0000000965. The summed E-state index contributed by atoms with van der Waals surface area (Å²) in [5, 5.41) is 12.0. The van der Waals surface area contributed by atoms with Gasteiger partial charge >= 0.3 is 0 Å². The van der Waals surface area contributed by atoms with E-state index in [9.17, 15) is 9.59 Å². The summed E-state index contributed by atoms with van der Waals surface area (Å²) in [4.78, 5) is 19.3. The fourth-order valence-corrected chi connectivity index (χ4v) is 0. The number of rotatable bonds is 1. The third-order valence-corrected chi connectivity index (χ3v) is 0.498. The fourth-order valence-electron chi connectivity index (χ4n) is 0. The van der Waals surface area contributed by atoms with Gasteiger partial charge in [0.2, 0.25) is 0 Å². The van der Waals surface area contributed by atoms with Crippen molar-refractivity contribution in [2.45, 2.75) is 34.1 Å². The molecule has 0 fully saturated rings. The van der Waals surface area contributed by atoms with Gasteiger partial charge in [-0.05, 0) is 20.8 Å². The molecule has 0 aliphatic carbocycles. The van der Waals surface area contributed by atoms with E-state index in [1.807, 2.05) is 6.92 Å². The number of carbonyl (C=O) groups is 2. The number of ketones is 2. The maximum Gasteiger partial charge on any atom is 0.129 e. The van der Waals surface area contributed by atoms with Crippen LogP contribution in [0.25, 0.3) is 0 Å². The predicted molar refractivity (Wildman–Crippen MR) is 42.6 cm³/mol. The first-order chi connectivity index (χ1) is 5.00. The molecule has 0 bridgehead atoms. The Morgan fingerprint density at radius 3 is 1.18 bits per heavy atom. The van der Waals surface area contributed by atoms with Crippen molar-refractivity contribution in [2.75, 3.05) is 0 Å². The minimum absolute atomic E-state index is 0.167. The summed E-state index contributed by atoms with van der Waals surface area (Å²) >= 11 is 0. The van der Waals surface area contributed by atoms with Gasteiger partial charge in [0.15, 0.2) is 0 Å². The van der Waals surface area contributed by atoms with E-state index < -0.39 is 0 Å². The molecule has 0 rings (SSSR count). The van der Waals surface area contributed by atoms with Crippen molar-refractivity contribution in [1.82, 2.24) is 0 Å². The summed E-state index contributed by atoms with van der Waals surface area (Å²) in [7, 11) is 0. The molecule has 2 N–H and O–H groups in total. The first-order valence-electron chi connectivity index (χ1n) is 3.17. The van der Waals surface area contributed by atoms with Crippen LogP contribution in [0, 0.1) is 0 Å². The van der Waals surface area contributed by atoms with Crippen LogP contribution in [0.15, 0.2) is 0 Å². The van der Waals surface area contributed by atoms with Crippen LogP contribution in [0.2, 0.25) is 0 Å². The van der Waals surface area contributed by atoms with Gasteiger partial charge in [0.25, 0.3) is 0 Å². The van der Waals surface area contributed by atoms with Crippen LogP contribution in [-0.4, -0.2) is 22.1 Å². The van der Waals surface area contributed by atoms with Crippen molar-refractivity contribution in [2.24, 2.45) is 0 Å². The van der Waals surface area contributed by atoms with Crippen LogP contribution in [0.1, 0.15) is 34.1 Å². The van der Waals surface area contributed by atoms with Gasteiger partial charge in [-0.3, -0.25) is 10.5 Å². The molecule has 0 heterocycles. The van der Waals surface area contributed by atoms with Crippen LogP contribution in [-0.2, 0) is 9.59 Å². The molecule has 0 amide bonds. The van der Waals surface area contributed by atoms with Crippen molar-refractivity contribution in [1.29, 1.82) is 0 Å². The van der Waals surface area contributed by atoms with E-state index in [2.05, 4.69) is 0 Å². The second kappa shape index (κ2) is 16.1. The van der Waals surface area contributed by atoms with Crippen molar-refractivity contribution in [3.63, 3.8) is 0 Å². The number of hydrogen-bond acceptors (Lipinski definition) is 4. The van der Waals surface area contributed by atoms with Gasteiger partial charge in [-0.15, -0.1) is 0 Å². The smallest absolute Gasteiger partial charge is 0.129 e. The van der Waals surface area contributed by atoms with Gasteiger partial charge in [0.05, 0.1) is 0 Å². The zero-order chi connectivity index (χ0) is 9.86.